The minimum atomic E-state index is -3.63. The van der Waals surface area contributed by atoms with Crippen molar-refractivity contribution in [2.45, 2.75) is 24.5 Å². The average Bonchev–Trinajstić information content (AvgIpc) is 3.03. The van der Waals surface area contributed by atoms with Crippen molar-refractivity contribution >= 4 is 10.0 Å². The fourth-order valence-electron chi connectivity index (χ4n) is 3.90. The third-order valence-corrected chi connectivity index (χ3v) is 7.16. The van der Waals surface area contributed by atoms with E-state index in [4.69, 9.17) is 0 Å². The molecule has 9 heteroatoms. The molecule has 0 spiro atoms. The largest absolute Gasteiger partial charge is 0.350 e. The number of piperidine rings is 1. The Bertz CT molecular complexity index is 1200. The van der Waals surface area contributed by atoms with E-state index < -0.39 is 15.8 Å². The van der Waals surface area contributed by atoms with Gasteiger partial charge in [0.25, 0.3) is 0 Å². The summed E-state index contributed by atoms with van der Waals surface area (Å²) in [6, 6.07) is 14.8. The molecule has 1 aromatic heterocycles. The third kappa shape index (κ3) is 4.08. The fraction of sp³-hybridized carbons (Fsp3) is 0.333. The topological polar surface area (TPSA) is 77.2 Å². The van der Waals surface area contributed by atoms with E-state index in [-0.39, 0.29) is 23.9 Å². The molecule has 4 rings (SSSR count). The van der Waals surface area contributed by atoms with Crippen molar-refractivity contribution in [2.75, 3.05) is 13.1 Å². The Morgan fingerprint density at radius 1 is 1.13 bits per heavy atom. The Morgan fingerprint density at radius 3 is 2.63 bits per heavy atom. The fourth-order valence-corrected chi connectivity index (χ4v) is 5.50. The second-order valence-electron chi connectivity index (χ2n) is 7.52. The smallest absolute Gasteiger partial charge is 0.247 e. The highest BCUT2D eigenvalue weighted by atomic mass is 32.2. The van der Waals surface area contributed by atoms with Crippen molar-refractivity contribution in [3.8, 4) is 5.69 Å². The van der Waals surface area contributed by atoms with Crippen LogP contribution in [0.5, 0.6) is 0 Å². The quantitative estimate of drug-likeness (QED) is 0.623. The predicted molar refractivity (Wildman–Crippen MR) is 111 cm³/mol. The van der Waals surface area contributed by atoms with Crippen molar-refractivity contribution in [1.29, 1.82) is 0 Å². The van der Waals surface area contributed by atoms with Crippen LogP contribution in [-0.4, -0.2) is 40.2 Å². The maximum Gasteiger partial charge on any atom is 0.350 e. The van der Waals surface area contributed by atoms with Crippen LogP contribution in [0.15, 0.2) is 59.4 Å². The van der Waals surface area contributed by atoms with Crippen LogP contribution < -0.4 is 5.69 Å². The average molecular weight is 431 g/mol. The summed E-state index contributed by atoms with van der Waals surface area (Å²) < 4.78 is 43.7. The molecule has 1 atom stereocenters. The van der Waals surface area contributed by atoms with Gasteiger partial charge < -0.3 is 0 Å². The number of rotatable bonds is 5. The first kappa shape index (κ1) is 20.5. The zero-order valence-electron chi connectivity index (χ0n) is 16.6. The molecule has 1 fully saturated rings. The van der Waals surface area contributed by atoms with Gasteiger partial charge in [-0.1, -0.05) is 30.3 Å². The van der Waals surface area contributed by atoms with Crippen LogP contribution in [0.4, 0.5) is 4.39 Å². The number of nitrogens with zero attached hydrogens (tertiary/aromatic N) is 4. The van der Waals surface area contributed by atoms with Crippen molar-refractivity contribution in [2.24, 2.45) is 7.05 Å². The van der Waals surface area contributed by atoms with Gasteiger partial charge in [-0.05, 0) is 42.7 Å². The van der Waals surface area contributed by atoms with Gasteiger partial charge in [-0.15, -0.1) is 0 Å². The van der Waals surface area contributed by atoms with Gasteiger partial charge >= 0.3 is 5.69 Å². The molecule has 0 bridgehead atoms. The number of benzene rings is 2. The van der Waals surface area contributed by atoms with Crippen molar-refractivity contribution in [3.63, 3.8) is 0 Å². The van der Waals surface area contributed by atoms with Gasteiger partial charge in [0.2, 0.25) is 10.0 Å². The standard InChI is InChI=1S/C21H23FN4O3S/c1-24-21(27)26(19-10-3-2-4-11-19)20(23-24)17-8-6-12-25(14-17)30(28,29)15-16-7-5-9-18(22)13-16/h2-5,7,9-11,13,17H,6,8,12,14-15H2,1H3. The van der Waals surface area contributed by atoms with Crippen LogP contribution in [0.1, 0.15) is 30.1 Å². The van der Waals surface area contributed by atoms with Crippen LogP contribution in [0.3, 0.4) is 0 Å². The molecule has 1 unspecified atom stereocenters. The Kier molecular flexibility index (Phi) is 5.57. The number of aromatic nitrogens is 3. The highest BCUT2D eigenvalue weighted by molar-refractivity contribution is 7.88. The molecule has 1 aliphatic heterocycles. The molecule has 1 aliphatic rings. The van der Waals surface area contributed by atoms with Crippen LogP contribution >= 0.6 is 0 Å². The van der Waals surface area contributed by atoms with E-state index >= 15 is 0 Å². The zero-order chi connectivity index (χ0) is 21.3. The highest BCUT2D eigenvalue weighted by Gasteiger charge is 2.33. The summed E-state index contributed by atoms with van der Waals surface area (Å²) in [5, 5.41) is 4.42. The van der Waals surface area contributed by atoms with Gasteiger partial charge in [-0.2, -0.15) is 5.10 Å². The predicted octanol–water partition coefficient (Wildman–Crippen LogP) is 2.42. The molecule has 2 heterocycles. The molecule has 1 saturated heterocycles. The van der Waals surface area contributed by atoms with E-state index in [1.165, 1.54) is 27.2 Å². The number of hydrogen-bond acceptors (Lipinski definition) is 4. The van der Waals surface area contributed by atoms with Crippen molar-refractivity contribution in [1.82, 2.24) is 18.7 Å². The first-order valence-corrected chi connectivity index (χ1v) is 11.4. The molecule has 158 valence electrons. The van der Waals surface area contributed by atoms with Gasteiger partial charge in [-0.3, -0.25) is 0 Å². The van der Waals surface area contributed by atoms with Crippen LogP contribution in [0.25, 0.3) is 5.69 Å². The van der Waals surface area contributed by atoms with Crippen LogP contribution in [0.2, 0.25) is 0 Å². The number of halogens is 1. The van der Waals surface area contributed by atoms with E-state index in [1.807, 2.05) is 30.3 Å². The van der Waals surface area contributed by atoms with Crippen molar-refractivity contribution < 1.29 is 12.8 Å². The summed E-state index contributed by atoms with van der Waals surface area (Å²) in [4.78, 5) is 12.7. The minimum absolute atomic E-state index is 0.213. The summed E-state index contributed by atoms with van der Waals surface area (Å²) in [5.41, 5.74) is 0.845. The summed E-state index contributed by atoms with van der Waals surface area (Å²) in [6.45, 7) is 0.636. The first-order chi connectivity index (χ1) is 14.3. The molecule has 7 nitrogen and oxygen atoms in total. The molecule has 30 heavy (non-hydrogen) atoms. The Labute approximate surface area is 174 Å². The van der Waals surface area contributed by atoms with Gasteiger partial charge in [0.1, 0.15) is 11.6 Å². The molecule has 3 aromatic rings. The minimum Gasteiger partial charge on any atom is -0.247 e. The molecule has 2 aromatic carbocycles. The Hall–Kier alpha value is -2.78. The third-order valence-electron chi connectivity index (χ3n) is 5.34. The zero-order valence-corrected chi connectivity index (χ0v) is 17.4. The van der Waals surface area contributed by atoms with Gasteiger partial charge in [-0.25, -0.2) is 31.2 Å². The second kappa shape index (κ2) is 8.16. The summed E-state index contributed by atoms with van der Waals surface area (Å²) in [5.74, 6) is -0.375. The Morgan fingerprint density at radius 2 is 1.90 bits per heavy atom. The summed E-state index contributed by atoms with van der Waals surface area (Å²) >= 11 is 0. The molecule has 0 amide bonds. The van der Waals surface area contributed by atoms with Crippen LogP contribution in [-0.2, 0) is 22.8 Å². The Balaban J connectivity index is 1.62. The van der Waals surface area contributed by atoms with E-state index in [0.717, 1.165) is 6.42 Å². The number of hydrogen-bond donors (Lipinski definition) is 0. The maximum atomic E-state index is 13.5. The number of sulfonamides is 1. The van der Waals surface area contributed by atoms with Crippen LogP contribution in [0, 0.1) is 5.82 Å². The second-order valence-corrected chi connectivity index (χ2v) is 9.49. The van der Waals surface area contributed by atoms with Gasteiger partial charge in [0, 0.05) is 26.1 Å². The molecule has 0 N–H and O–H groups in total. The SMILES string of the molecule is Cn1nc(C2CCCN(S(=O)(=O)Cc3cccc(F)c3)C2)n(-c2ccccc2)c1=O. The summed E-state index contributed by atoms with van der Waals surface area (Å²) in [7, 11) is -2.04. The van der Waals surface area contributed by atoms with Crippen molar-refractivity contribution in [3.05, 3.63) is 82.3 Å². The summed E-state index contributed by atoms with van der Waals surface area (Å²) in [6.07, 6.45) is 1.39. The maximum absolute atomic E-state index is 13.5. The van der Waals surface area contributed by atoms with E-state index in [1.54, 1.807) is 17.7 Å². The van der Waals surface area contributed by atoms with Gasteiger partial charge in [0.15, 0.2) is 0 Å². The molecule has 0 saturated carbocycles. The first-order valence-electron chi connectivity index (χ1n) is 9.79. The number of para-hydroxylation sites is 1. The molecule has 0 aliphatic carbocycles. The van der Waals surface area contributed by atoms with E-state index in [9.17, 15) is 17.6 Å². The highest BCUT2D eigenvalue weighted by Crippen LogP contribution is 2.29. The lowest BCUT2D eigenvalue weighted by atomic mass is 9.98. The molecule has 0 radical (unpaired) electrons. The lowest BCUT2D eigenvalue weighted by Crippen LogP contribution is -2.40. The van der Waals surface area contributed by atoms with E-state index in [0.29, 0.717) is 30.0 Å². The number of aryl methyl sites for hydroxylation is 1. The molecular formula is C21H23FN4O3S. The lowest BCUT2D eigenvalue weighted by Gasteiger charge is -2.31. The van der Waals surface area contributed by atoms with Gasteiger partial charge in [0.05, 0.1) is 11.4 Å². The lowest BCUT2D eigenvalue weighted by molar-refractivity contribution is 0.306. The normalized spacial score (nSPS) is 17.9. The van der Waals surface area contributed by atoms with E-state index in [2.05, 4.69) is 5.10 Å². The molecular weight excluding hydrogens is 407 g/mol. The monoisotopic (exact) mass is 430 g/mol.